The Morgan fingerprint density at radius 2 is 1.96 bits per heavy atom. The van der Waals surface area contributed by atoms with Crippen LogP contribution in [0, 0.1) is 0 Å². The maximum Gasteiger partial charge on any atom is 0.161 e. The van der Waals surface area contributed by atoms with E-state index in [2.05, 4.69) is 5.32 Å². The lowest BCUT2D eigenvalue weighted by atomic mass is 10.0. The molecule has 0 amide bonds. The predicted octanol–water partition coefficient (Wildman–Crippen LogP) is 2.36. The predicted molar refractivity (Wildman–Crippen MR) is 92.3 cm³/mol. The molecular weight excluding hydrogens is 314 g/mol. The first-order valence-electron chi connectivity index (χ1n) is 8.10. The standard InChI is InChI=1S/C17H27NO4S/c1-18-11-14(12-23(3,19)20)13-8-9-16(21-2)17(10-13)22-15-6-4-5-7-15/h8-10,14-15,18H,4-7,11-12H2,1-3H3. The monoisotopic (exact) mass is 341 g/mol. The molecule has 1 aliphatic rings. The van der Waals surface area contributed by atoms with Crippen molar-refractivity contribution in [2.45, 2.75) is 37.7 Å². The summed E-state index contributed by atoms with van der Waals surface area (Å²) in [6.45, 7) is 0.599. The van der Waals surface area contributed by atoms with Gasteiger partial charge < -0.3 is 14.8 Å². The van der Waals surface area contributed by atoms with Gasteiger partial charge in [0.15, 0.2) is 11.5 Å². The Bertz CT molecular complexity index is 609. The maximum absolute atomic E-state index is 11.7. The third kappa shape index (κ3) is 5.39. The molecule has 0 saturated heterocycles. The van der Waals surface area contributed by atoms with Gasteiger partial charge in [-0.3, -0.25) is 0 Å². The third-order valence-electron chi connectivity index (χ3n) is 4.21. The molecule has 0 bridgehead atoms. The Labute approximate surface area is 139 Å². The summed E-state index contributed by atoms with van der Waals surface area (Å²) < 4.78 is 34.9. The molecule has 1 aromatic rings. The number of likely N-dealkylation sites (N-methyl/N-ethyl adjacent to an activating group) is 1. The highest BCUT2D eigenvalue weighted by Crippen LogP contribution is 2.34. The normalized spacial score (nSPS) is 17.2. The summed E-state index contributed by atoms with van der Waals surface area (Å²) in [6, 6.07) is 5.72. The molecule has 1 aromatic carbocycles. The van der Waals surface area contributed by atoms with Crippen LogP contribution in [-0.2, 0) is 9.84 Å². The Hall–Kier alpha value is -1.27. The van der Waals surface area contributed by atoms with Gasteiger partial charge in [0.2, 0.25) is 0 Å². The lowest BCUT2D eigenvalue weighted by Crippen LogP contribution is -2.24. The van der Waals surface area contributed by atoms with Gasteiger partial charge in [0.05, 0.1) is 19.0 Å². The summed E-state index contributed by atoms with van der Waals surface area (Å²) >= 11 is 0. The molecule has 0 aliphatic heterocycles. The summed E-state index contributed by atoms with van der Waals surface area (Å²) in [5.41, 5.74) is 0.957. The average Bonchev–Trinajstić information content (AvgIpc) is 2.98. The van der Waals surface area contributed by atoms with Crippen LogP contribution in [0.25, 0.3) is 0 Å². The van der Waals surface area contributed by atoms with E-state index >= 15 is 0 Å². The van der Waals surface area contributed by atoms with Gasteiger partial charge in [-0.1, -0.05) is 6.07 Å². The number of benzene rings is 1. The first kappa shape index (κ1) is 18.1. The van der Waals surface area contributed by atoms with Gasteiger partial charge in [0, 0.05) is 18.7 Å². The van der Waals surface area contributed by atoms with E-state index in [9.17, 15) is 8.42 Å². The van der Waals surface area contributed by atoms with Crippen LogP contribution in [0.5, 0.6) is 11.5 Å². The molecule has 5 nitrogen and oxygen atoms in total. The van der Waals surface area contributed by atoms with Crippen molar-refractivity contribution >= 4 is 9.84 Å². The lowest BCUT2D eigenvalue weighted by molar-refractivity contribution is 0.200. The van der Waals surface area contributed by atoms with Gasteiger partial charge in [-0.15, -0.1) is 0 Å². The van der Waals surface area contributed by atoms with E-state index in [1.807, 2.05) is 25.2 Å². The molecule has 0 radical (unpaired) electrons. The van der Waals surface area contributed by atoms with Gasteiger partial charge in [-0.2, -0.15) is 0 Å². The Balaban J connectivity index is 2.25. The van der Waals surface area contributed by atoms with E-state index in [4.69, 9.17) is 9.47 Å². The van der Waals surface area contributed by atoms with Gasteiger partial charge in [0.25, 0.3) is 0 Å². The zero-order chi connectivity index (χ0) is 16.9. The number of nitrogens with one attached hydrogen (secondary N) is 1. The van der Waals surface area contributed by atoms with Crippen LogP contribution < -0.4 is 14.8 Å². The van der Waals surface area contributed by atoms with Crippen molar-refractivity contribution in [1.29, 1.82) is 0 Å². The van der Waals surface area contributed by atoms with Crippen molar-refractivity contribution in [2.75, 3.05) is 32.7 Å². The van der Waals surface area contributed by atoms with Crippen LogP contribution in [0.3, 0.4) is 0 Å². The van der Waals surface area contributed by atoms with E-state index in [1.165, 1.54) is 19.1 Å². The summed E-state index contributed by atoms with van der Waals surface area (Å²) in [5.74, 6) is 1.42. The van der Waals surface area contributed by atoms with Crippen LogP contribution in [0.15, 0.2) is 18.2 Å². The van der Waals surface area contributed by atoms with Crippen LogP contribution in [0.1, 0.15) is 37.2 Å². The van der Waals surface area contributed by atoms with Gasteiger partial charge >= 0.3 is 0 Å². The van der Waals surface area contributed by atoms with Gasteiger partial charge in [-0.25, -0.2) is 8.42 Å². The molecule has 1 saturated carbocycles. The van der Waals surface area contributed by atoms with E-state index in [0.29, 0.717) is 18.0 Å². The molecule has 1 atom stereocenters. The summed E-state index contributed by atoms with van der Waals surface area (Å²) in [6.07, 6.45) is 6.03. The topological polar surface area (TPSA) is 64.6 Å². The molecule has 1 N–H and O–H groups in total. The second-order valence-corrected chi connectivity index (χ2v) is 8.47. The second-order valence-electron chi connectivity index (χ2n) is 6.28. The fourth-order valence-corrected chi connectivity index (χ4v) is 4.15. The SMILES string of the molecule is CNCC(CS(C)(=O)=O)c1ccc(OC)c(OC2CCCC2)c1. The van der Waals surface area contributed by atoms with Crippen LogP contribution >= 0.6 is 0 Å². The zero-order valence-electron chi connectivity index (χ0n) is 14.2. The molecule has 6 heteroatoms. The minimum absolute atomic E-state index is 0.105. The molecular formula is C17H27NO4S. The molecule has 1 unspecified atom stereocenters. The lowest BCUT2D eigenvalue weighted by Gasteiger charge is -2.20. The molecule has 130 valence electrons. The molecule has 1 aliphatic carbocycles. The summed E-state index contributed by atoms with van der Waals surface area (Å²) in [7, 11) is 0.395. The molecule has 23 heavy (non-hydrogen) atoms. The zero-order valence-corrected chi connectivity index (χ0v) is 15.0. The van der Waals surface area contributed by atoms with E-state index in [1.54, 1.807) is 7.11 Å². The minimum Gasteiger partial charge on any atom is -0.493 e. The third-order valence-corrected chi connectivity index (χ3v) is 5.22. The van der Waals surface area contributed by atoms with Crippen molar-refractivity contribution in [1.82, 2.24) is 5.32 Å². The van der Waals surface area contributed by atoms with Crippen molar-refractivity contribution in [3.8, 4) is 11.5 Å². The Morgan fingerprint density at radius 3 is 2.52 bits per heavy atom. The molecule has 0 aromatic heterocycles. The van der Waals surface area contributed by atoms with Crippen LogP contribution in [0.4, 0.5) is 0 Å². The highest BCUT2D eigenvalue weighted by molar-refractivity contribution is 7.90. The Kier molecular flexibility index (Phi) is 6.30. The second kappa shape index (κ2) is 8.02. The number of sulfone groups is 1. The van der Waals surface area contributed by atoms with Crippen LogP contribution in [0.2, 0.25) is 0 Å². The van der Waals surface area contributed by atoms with Crippen molar-refractivity contribution in [3.63, 3.8) is 0 Å². The average molecular weight is 341 g/mol. The van der Waals surface area contributed by atoms with Crippen molar-refractivity contribution in [3.05, 3.63) is 23.8 Å². The number of ether oxygens (including phenoxy) is 2. The van der Waals surface area contributed by atoms with E-state index in [0.717, 1.165) is 18.4 Å². The first-order chi connectivity index (χ1) is 10.9. The highest BCUT2D eigenvalue weighted by atomic mass is 32.2. The molecule has 0 spiro atoms. The smallest absolute Gasteiger partial charge is 0.161 e. The van der Waals surface area contributed by atoms with E-state index < -0.39 is 9.84 Å². The number of rotatable bonds is 8. The van der Waals surface area contributed by atoms with Gasteiger partial charge in [0.1, 0.15) is 9.84 Å². The number of hydrogen-bond acceptors (Lipinski definition) is 5. The minimum atomic E-state index is -3.06. The van der Waals surface area contributed by atoms with E-state index in [-0.39, 0.29) is 17.8 Å². The largest absolute Gasteiger partial charge is 0.493 e. The molecule has 2 rings (SSSR count). The van der Waals surface area contributed by atoms with Gasteiger partial charge in [-0.05, 0) is 50.4 Å². The quantitative estimate of drug-likeness (QED) is 0.786. The molecule has 0 heterocycles. The van der Waals surface area contributed by atoms with Crippen molar-refractivity contribution < 1.29 is 17.9 Å². The van der Waals surface area contributed by atoms with Crippen molar-refractivity contribution in [2.24, 2.45) is 0 Å². The Morgan fingerprint density at radius 1 is 1.26 bits per heavy atom. The fourth-order valence-electron chi connectivity index (χ4n) is 3.11. The highest BCUT2D eigenvalue weighted by Gasteiger charge is 2.22. The maximum atomic E-state index is 11.7. The first-order valence-corrected chi connectivity index (χ1v) is 10.2. The summed E-state index contributed by atoms with van der Waals surface area (Å²) in [5, 5.41) is 3.07. The molecule has 1 fully saturated rings. The number of hydrogen-bond donors (Lipinski definition) is 1. The summed E-state index contributed by atoms with van der Waals surface area (Å²) in [4.78, 5) is 0. The fraction of sp³-hybridized carbons (Fsp3) is 0.647. The van der Waals surface area contributed by atoms with Crippen LogP contribution in [-0.4, -0.2) is 47.2 Å². The number of methoxy groups -OCH3 is 1.